The van der Waals surface area contributed by atoms with Crippen molar-refractivity contribution in [2.45, 2.75) is 68.9 Å². The Labute approximate surface area is 201 Å². The number of hydrogen-bond donors (Lipinski definition) is 3. The van der Waals surface area contributed by atoms with E-state index in [-0.39, 0.29) is 24.1 Å². The van der Waals surface area contributed by atoms with Gasteiger partial charge in [-0.25, -0.2) is 4.79 Å². The van der Waals surface area contributed by atoms with E-state index in [1.54, 1.807) is 7.11 Å². The number of benzene rings is 1. The van der Waals surface area contributed by atoms with Crippen molar-refractivity contribution < 1.29 is 14.6 Å². The van der Waals surface area contributed by atoms with E-state index in [1.165, 1.54) is 42.3 Å². The molecule has 0 unspecified atom stereocenters. The predicted octanol–water partition coefficient (Wildman–Crippen LogP) is 3.92. The summed E-state index contributed by atoms with van der Waals surface area (Å²) in [5, 5.41) is 15.0. The van der Waals surface area contributed by atoms with Gasteiger partial charge < -0.3 is 25.0 Å². The smallest absolute Gasteiger partial charge is 0.317 e. The molecular formula is C27H38N4O3. The number of rotatable bonds is 5. The lowest BCUT2D eigenvalue weighted by Gasteiger charge is -2.50. The van der Waals surface area contributed by atoms with Gasteiger partial charge in [0, 0.05) is 60.3 Å². The van der Waals surface area contributed by atoms with E-state index >= 15 is 0 Å². The predicted molar refractivity (Wildman–Crippen MR) is 132 cm³/mol. The Hall–Kier alpha value is -2.25. The van der Waals surface area contributed by atoms with Crippen LogP contribution in [-0.4, -0.2) is 71.9 Å². The Bertz CT molecular complexity index is 1050. The summed E-state index contributed by atoms with van der Waals surface area (Å²) < 4.78 is 5.49. The number of piperidine rings is 1. The van der Waals surface area contributed by atoms with Crippen LogP contribution in [0.1, 0.15) is 68.7 Å². The van der Waals surface area contributed by atoms with Crippen LogP contribution in [0.25, 0.3) is 10.9 Å². The number of hydrogen-bond acceptors (Lipinski definition) is 4. The van der Waals surface area contributed by atoms with Gasteiger partial charge in [0.2, 0.25) is 0 Å². The van der Waals surface area contributed by atoms with Crippen LogP contribution in [-0.2, 0) is 5.41 Å². The second kappa shape index (κ2) is 8.76. The van der Waals surface area contributed by atoms with Crippen LogP contribution in [0.2, 0.25) is 0 Å². The third-order valence-electron chi connectivity index (χ3n) is 8.90. The highest BCUT2D eigenvalue weighted by Gasteiger charge is 2.48. The number of nitrogens with one attached hydrogen (secondary N) is 2. The van der Waals surface area contributed by atoms with Crippen molar-refractivity contribution in [3.05, 3.63) is 29.5 Å². The highest BCUT2D eigenvalue weighted by molar-refractivity contribution is 5.88. The van der Waals surface area contributed by atoms with Gasteiger partial charge in [0.05, 0.1) is 19.8 Å². The maximum absolute atomic E-state index is 13.0. The van der Waals surface area contributed by atoms with Gasteiger partial charge in [0.1, 0.15) is 5.75 Å². The fraction of sp³-hybridized carbons (Fsp3) is 0.667. The van der Waals surface area contributed by atoms with E-state index in [2.05, 4.69) is 27.3 Å². The van der Waals surface area contributed by atoms with Gasteiger partial charge in [-0.05, 0) is 62.1 Å². The minimum atomic E-state index is -0.00707. The molecule has 2 aliphatic carbocycles. The number of aromatic nitrogens is 1. The molecule has 1 aromatic carbocycles. The van der Waals surface area contributed by atoms with Crippen molar-refractivity contribution in [1.82, 2.24) is 20.1 Å². The number of likely N-dealkylation sites (tertiary alicyclic amines) is 1. The monoisotopic (exact) mass is 466 g/mol. The zero-order chi connectivity index (χ0) is 23.3. The third-order valence-corrected chi connectivity index (χ3v) is 8.90. The van der Waals surface area contributed by atoms with E-state index in [0.717, 1.165) is 69.0 Å². The lowest BCUT2D eigenvalue weighted by atomic mass is 9.68. The number of urea groups is 1. The first-order chi connectivity index (χ1) is 16.6. The van der Waals surface area contributed by atoms with Crippen molar-refractivity contribution in [2.24, 2.45) is 5.92 Å². The lowest BCUT2D eigenvalue weighted by Crippen LogP contribution is -2.56. The summed E-state index contributed by atoms with van der Waals surface area (Å²) in [5.74, 6) is 1.60. The first-order valence-electron chi connectivity index (χ1n) is 13.2. The molecule has 0 radical (unpaired) electrons. The zero-order valence-corrected chi connectivity index (χ0v) is 20.3. The Balaban J connectivity index is 1.32. The number of carbonyl (C=O) groups excluding carboxylic acids is 1. The molecule has 2 aliphatic heterocycles. The van der Waals surface area contributed by atoms with Crippen LogP contribution in [0.5, 0.6) is 5.75 Å². The second-order valence-corrected chi connectivity index (χ2v) is 11.1. The molecule has 34 heavy (non-hydrogen) atoms. The number of aliphatic hydroxyl groups excluding tert-OH is 1. The topological polar surface area (TPSA) is 80.8 Å². The number of methoxy groups -OCH3 is 1. The van der Waals surface area contributed by atoms with Crippen molar-refractivity contribution >= 4 is 16.9 Å². The van der Waals surface area contributed by atoms with E-state index < -0.39 is 0 Å². The molecule has 2 saturated carbocycles. The minimum absolute atomic E-state index is 0.00307. The maximum atomic E-state index is 13.0. The Morgan fingerprint density at radius 3 is 2.65 bits per heavy atom. The average Bonchev–Trinajstić information content (AvgIpc) is 3.35. The first-order valence-corrected chi connectivity index (χ1v) is 13.2. The number of H-pyrrole nitrogens is 1. The van der Waals surface area contributed by atoms with Gasteiger partial charge in [0.15, 0.2) is 0 Å². The van der Waals surface area contributed by atoms with E-state index in [1.807, 2.05) is 11.0 Å². The Morgan fingerprint density at radius 2 is 1.97 bits per heavy atom. The molecule has 1 atom stereocenters. The summed E-state index contributed by atoms with van der Waals surface area (Å²) in [6.07, 6.45) is 9.19. The molecule has 7 heteroatoms. The number of aliphatic hydroxyl groups is 1. The molecule has 184 valence electrons. The van der Waals surface area contributed by atoms with Gasteiger partial charge >= 0.3 is 6.03 Å². The van der Waals surface area contributed by atoms with Crippen LogP contribution in [0.15, 0.2) is 18.2 Å². The fourth-order valence-corrected chi connectivity index (χ4v) is 6.82. The number of nitrogens with zero attached hydrogens (tertiary/aromatic N) is 2. The molecule has 3 heterocycles. The SMILES string of the molecule is COc1ccc2c3c([nH]c2c1)[C@@H](CO)N(CC1CC1)CC31CCN(C(=O)NC2CCCC2)CC1. The molecule has 3 N–H and O–H groups in total. The summed E-state index contributed by atoms with van der Waals surface area (Å²) >= 11 is 0. The quantitative estimate of drug-likeness (QED) is 0.624. The molecule has 4 aliphatic rings. The molecule has 3 fully saturated rings. The van der Waals surface area contributed by atoms with E-state index in [0.29, 0.717) is 6.04 Å². The number of ether oxygens (including phenoxy) is 1. The highest BCUT2D eigenvalue weighted by Crippen LogP contribution is 2.50. The molecule has 2 amide bonds. The second-order valence-electron chi connectivity index (χ2n) is 11.1. The average molecular weight is 467 g/mol. The molecular weight excluding hydrogens is 428 g/mol. The minimum Gasteiger partial charge on any atom is -0.497 e. The first kappa shape index (κ1) is 22.2. The van der Waals surface area contributed by atoms with Crippen molar-refractivity contribution in [3.63, 3.8) is 0 Å². The summed E-state index contributed by atoms with van der Waals surface area (Å²) in [6, 6.07) is 6.76. The Morgan fingerprint density at radius 1 is 1.21 bits per heavy atom. The molecule has 7 nitrogen and oxygen atoms in total. The molecule has 1 saturated heterocycles. The number of fused-ring (bicyclic) bond motifs is 4. The van der Waals surface area contributed by atoms with Crippen molar-refractivity contribution in [2.75, 3.05) is 39.9 Å². The van der Waals surface area contributed by atoms with Gasteiger partial charge in [-0.3, -0.25) is 4.90 Å². The van der Waals surface area contributed by atoms with Crippen LogP contribution in [0, 0.1) is 5.92 Å². The van der Waals surface area contributed by atoms with E-state index in [9.17, 15) is 9.90 Å². The standard InChI is InChI=1S/C27H38N4O3/c1-34-20-8-9-21-22(14-20)29-25-23(16-32)31(15-18-6-7-18)17-27(24(21)25)10-12-30(13-11-27)26(33)28-19-4-2-3-5-19/h8-9,14,18-19,23,29,32H,2-7,10-13,15-17H2,1H3,(H,28,33)/t23-/m1/s1. The van der Waals surface area contributed by atoms with Crippen molar-refractivity contribution in [1.29, 1.82) is 0 Å². The summed E-state index contributed by atoms with van der Waals surface area (Å²) in [7, 11) is 1.70. The number of carbonyl (C=O) groups is 1. The van der Waals surface area contributed by atoms with Crippen molar-refractivity contribution in [3.8, 4) is 5.75 Å². The maximum Gasteiger partial charge on any atom is 0.317 e. The van der Waals surface area contributed by atoms with Gasteiger partial charge in [0.25, 0.3) is 0 Å². The number of amides is 2. The van der Waals surface area contributed by atoms with Crippen LogP contribution in [0.3, 0.4) is 0 Å². The van der Waals surface area contributed by atoms with Crippen LogP contribution in [0.4, 0.5) is 4.79 Å². The largest absolute Gasteiger partial charge is 0.497 e. The summed E-state index contributed by atoms with van der Waals surface area (Å²) in [6.45, 7) is 3.69. The van der Waals surface area contributed by atoms with Crippen LogP contribution >= 0.6 is 0 Å². The van der Waals surface area contributed by atoms with Gasteiger partial charge in [-0.2, -0.15) is 0 Å². The van der Waals surface area contributed by atoms with Gasteiger partial charge in [-0.15, -0.1) is 0 Å². The third kappa shape index (κ3) is 3.87. The Kier molecular flexibility index (Phi) is 5.72. The van der Waals surface area contributed by atoms with E-state index in [4.69, 9.17) is 4.74 Å². The number of aromatic amines is 1. The lowest BCUT2D eigenvalue weighted by molar-refractivity contribution is 0.0506. The molecule has 6 rings (SSSR count). The molecule has 1 aromatic heterocycles. The van der Waals surface area contributed by atoms with Gasteiger partial charge in [-0.1, -0.05) is 12.8 Å². The normalized spacial score (nSPS) is 25.1. The fourth-order valence-electron chi connectivity index (χ4n) is 6.82. The molecule has 2 aromatic rings. The molecule has 0 bridgehead atoms. The summed E-state index contributed by atoms with van der Waals surface area (Å²) in [4.78, 5) is 21.2. The van der Waals surface area contributed by atoms with Crippen LogP contribution < -0.4 is 10.1 Å². The summed E-state index contributed by atoms with van der Waals surface area (Å²) in [5.41, 5.74) is 3.61. The molecule has 1 spiro atoms. The highest BCUT2D eigenvalue weighted by atomic mass is 16.5. The zero-order valence-electron chi connectivity index (χ0n) is 20.3.